The zero-order valence-electron chi connectivity index (χ0n) is 9.89. The Balaban J connectivity index is 2.70. The van der Waals surface area contributed by atoms with Gasteiger partial charge in [0.2, 0.25) is 0 Å². The van der Waals surface area contributed by atoms with E-state index in [0.717, 1.165) is 16.5 Å². The van der Waals surface area contributed by atoms with Gasteiger partial charge in [0.15, 0.2) is 0 Å². The molecule has 0 fully saturated rings. The molecule has 0 saturated carbocycles. The Hall–Kier alpha value is -0.410. The lowest BCUT2D eigenvalue weighted by molar-refractivity contribution is 0.509. The van der Waals surface area contributed by atoms with E-state index in [0.29, 0.717) is 6.04 Å². The smallest absolute Gasteiger partial charge is 0.124 e. The van der Waals surface area contributed by atoms with Crippen molar-refractivity contribution in [2.24, 2.45) is 0 Å². The van der Waals surface area contributed by atoms with Gasteiger partial charge in [-0.05, 0) is 31.2 Å². The van der Waals surface area contributed by atoms with Crippen LogP contribution in [0.2, 0.25) is 0 Å². The molecule has 0 spiro atoms. The molecule has 3 heteroatoms. The average Bonchev–Trinajstić information content (AvgIpc) is 2.26. The molecule has 1 atom stereocenters. The van der Waals surface area contributed by atoms with Gasteiger partial charge in [-0.1, -0.05) is 48.2 Å². The predicted octanol–water partition coefficient (Wildman–Crippen LogP) is 4.43. The minimum atomic E-state index is -0.195. The van der Waals surface area contributed by atoms with Crippen molar-refractivity contribution in [3.63, 3.8) is 0 Å². The van der Waals surface area contributed by atoms with Crippen LogP contribution in [0.3, 0.4) is 0 Å². The molecule has 0 radical (unpaired) electrons. The Morgan fingerprint density at radius 1 is 1.38 bits per heavy atom. The lowest BCUT2D eigenvalue weighted by Gasteiger charge is -2.18. The summed E-state index contributed by atoms with van der Waals surface area (Å²) in [5, 5.41) is 3.29. The largest absolute Gasteiger partial charge is 0.313 e. The normalized spacial score (nSPS) is 12.8. The Labute approximate surface area is 106 Å². The topological polar surface area (TPSA) is 12.0 Å². The lowest BCUT2D eigenvalue weighted by atomic mass is 10.0. The number of hydrogen-bond acceptors (Lipinski definition) is 1. The second-order valence-electron chi connectivity index (χ2n) is 4.00. The van der Waals surface area contributed by atoms with Gasteiger partial charge in [-0.25, -0.2) is 4.39 Å². The molecule has 1 unspecified atom stereocenters. The van der Waals surface area contributed by atoms with Gasteiger partial charge in [-0.3, -0.25) is 0 Å². The van der Waals surface area contributed by atoms with Crippen molar-refractivity contribution in [3.05, 3.63) is 34.1 Å². The third kappa shape index (κ3) is 3.87. The Kier molecular flexibility index (Phi) is 5.99. The molecule has 16 heavy (non-hydrogen) atoms. The van der Waals surface area contributed by atoms with Gasteiger partial charge in [-0.15, -0.1) is 0 Å². The van der Waals surface area contributed by atoms with Gasteiger partial charge in [0.25, 0.3) is 0 Å². The number of unbranched alkanes of at least 4 members (excludes halogenated alkanes) is 2. The molecule has 0 saturated heterocycles. The summed E-state index contributed by atoms with van der Waals surface area (Å²) in [7, 11) is 1.95. The molecule has 1 nitrogen and oxygen atoms in total. The van der Waals surface area contributed by atoms with Gasteiger partial charge in [0.05, 0.1) is 0 Å². The minimum absolute atomic E-state index is 0.195. The monoisotopic (exact) mass is 287 g/mol. The summed E-state index contributed by atoms with van der Waals surface area (Å²) in [6.45, 7) is 2.20. The molecule has 0 aliphatic carbocycles. The van der Waals surface area contributed by atoms with Crippen LogP contribution in [-0.2, 0) is 0 Å². The summed E-state index contributed by atoms with van der Waals surface area (Å²) in [6, 6.07) is 5.21. The number of rotatable bonds is 6. The maximum atomic E-state index is 13.0. The molecule has 0 aromatic heterocycles. The van der Waals surface area contributed by atoms with Crippen molar-refractivity contribution < 1.29 is 4.39 Å². The van der Waals surface area contributed by atoms with Gasteiger partial charge >= 0.3 is 0 Å². The Morgan fingerprint density at radius 3 is 2.69 bits per heavy atom. The highest BCUT2D eigenvalue weighted by Gasteiger charge is 2.12. The minimum Gasteiger partial charge on any atom is -0.313 e. The van der Waals surface area contributed by atoms with Crippen LogP contribution in [0, 0.1) is 5.82 Å². The zero-order chi connectivity index (χ0) is 12.0. The molecule has 0 aliphatic heterocycles. The molecule has 0 bridgehead atoms. The van der Waals surface area contributed by atoms with Crippen molar-refractivity contribution in [2.75, 3.05) is 7.05 Å². The SMILES string of the molecule is CCCCCC(NC)c1ccc(F)cc1Br. The first-order valence-corrected chi connectivity index (χ1v) is 6.60. The third-order valence-electron chi connectivity index (χ3n) is 2.78. The van der Waals surface area contributed by atoms with E-state index in [1.54, 1.807) is 0 Å². The van der Waals surface area contributed by atoms with Crippen LogP contribution in [0.1, 0.15) is 44.2 Å². The number of nitrogens with one attached hydrogen (secondary N) is 1. The van der Waals surface area contributed by atoms with E-state index in [9.17, 15) is 4.39 Å². The van der Waals surface area contributed by atoms with Crippen molar-refractivity contribution in [2.45, 2.75) is 38.6 Å². The first-order valence-electron chi connectivity index (χ1n) is 5.81. The maximum Gasteiger partial charge on any atom is 0.124 e. The fourth-order valence-electron chi connectivity index (χ4n) is 1.84. The standard InChI is InChI=1S/C13H19BrFN/c1-3-4-5-6-13(16-2)11-8-7-10(15)9-12(11)14/h7-9,13,16H,3-6H2,1-2H3. The molecule has 1 aromatic rings. The van der Waals surface area contributed by atoms with Crippen molar-refractivity contribution in [1.29, 1.82) is 0 Å². The molecule has 0 aliphatic rings. The zero-order valence-corrected chi connectivity index (χ0v) is 11.5. The van der Waals surface area contributed by atoms with Crippen LogP contribution in [0.5, 0.6) is 0 Å². The van der Waals surface area contributed by atoms with Gasteiger partial charge in [-0.2, -0.15) is 0 Å². The van der Waals surface area contributed by atoms with E-state index in [-0.39, 0.29) is 5.82 Å². The first kappa shape index (κ1) is 13.7. The van der Waals surface area contributed by atoms with E-state index >= 15 is 0 Å². The van der Waals surface area contributed by atoms with E-state index in [1.165, 1.54) is 31.4 Å². The summed E-state index contributed by atoms with van der Waals surface area (Å²) in [5.41, 5.74) is 1.14. The number of hydrogen-bond donors (Lipinski definition) is 1. The van der Waals surface area contributed by atoms with Crippen LogP contribution in [-0.4, -0.2) is 7.05 Å². The molecule has 0 amide bonds. The lowest BCUT2D eigenvalue weighted by Crippen LogP contribution is -2.16. The molecule has 1 rings (SSSR count). The second kappa shape index (κ2) is 7.02. The highest BCUT2D eigenvalue weighted by atomic mass is 79.9. The van der Waals surface area contributed by atoms with Crippen molar-refractivity contribution in [1.82, 2.24) is 5.32 Å². The van der Waals surface area contributed by atoms with Crippen molar-refractivity contribution in [3.8, 4) is 0 Å². The molecule has 90 valence electrons. The summed E-state index contributed by atoms with van der Waals surface area (Å²) in [5.74, 6) is -0.195. The van der Waals surface area contributed by atoms with Gasteiger partial charge in [0.1, 0.15) is 5.82 Å². The highest BCUT2D eigenvalue weighted by Crippen LogP contribution is 2.27. The van der Waals surface area contributed by atoms with Gasteiger partial charge in [0, 0.05) is 10.5 Å². The maximum absolute atomic E-state index is 13.0. The van der Waals surface area contributed by atoms with Crippen LogP contribution in [0.25, 0.3) is 0 Å². The second-order valence-corrected chi connectivity index (χ2v) is 4.86. The summed E-state index contributed by atoms with van der Waals surface area (Å²) in [4.78, 5) is 0. The van der Waals surface area contributed by atoms with E-state index in [1.807, 2.05) is 13.1 Å². The summed E-state index contributed by atoms with van der Waals surface area (Å²) in [6.07, 6.45) is 4.76. The summed E-state index contributed by atoms with van der Waals surface area (Å²) < 4.78 is 13.8. The van der Waals surface area contributed by atoms with Crippen LogP contribution in [0.4, 0.5) is 4.39 Å². The van der Waals surface area contributed by atoms with E-state index < -0.39 is 0 Å². The molecule has 1 aromatic carbocycles. The first-order chi connectivity index (χ1) is 7.69. The van der Waals surface area contributed by atoms with Crippen LogP contribution < -0.4 is 5.32 Å². The summed E-state index contributed by atoms with van der Waals surface area (Å²) >= 11 is 3.42. The predicted molar refractivity (Wildman–Crippen MR) is 70.0 cm³/mol. The third-order valence-corrected chi connectivity index (χ3v) is 3.47. The number of halogens is 2. The average molecular weight is 288 g/mol. The fourth-order valence-corrected chi connectivity index (χ4v) is 2.47. The molecular formula is C13H19BrFN. The fraction of sp³-hybridized carbons (Fsp3) is 0.538. The van der Waals surface area contributed by atoms with E-state index in [4.69, 9.17) is 0 Å². The molecule has 1 N–H and O–H groups in total. The van der Waals surface area contributed by atoms with E-state index in [2.05, 4.69) is 28.2 Å². The highest BCUT2D eigenvalue weighted by molar-refractivity contribution is 9.10. The Bertz CT molecular complexity index is 328. The van der Waals surface area contributed by atoms with Gasteiger partial charge < -0.3 is 5.32 Å². The Morgan fingerprint density at radius 2 is 2.12 bits per heavy atom. The molecule has 0 heterocycles. The van der Waals surface area contributed by atoms with Crippen LogP contribution >= 0.6 is 15.9 Å². The van der Waals surface area contributed by atoms with Crippen LogP contribution in [0.15, 0.2) is 22.7 Å². The molecular weight excluding hydrogens is 269 g/mol. The number of benzene rings is 1. The quantitative estimate of drug-likeness (QED) is 0.764. The van der Waals surface area contributed by atoms with Crippen molar-refractivity contribution >= 4 is 15.9 Å².